The van der Waals surface area contributed by atoms with Crippen molar-refractivity contribution in [3.63, 3.8) is 0 Å². The Labute approximate surface area is 106 Å². The molecule has 0 aromatic heterocycles. The number of halogens is 3. The Balaban J connectivity index is 1.81. The molecule has 2 rings (SSSR count). The van der Waals surface area contributed by atoms with Gasteiger partial charge >= 0.3 is 6.18 Å². The van der Waals surface area contributed by atoms with Crippen LogP contribution < -0.4 is 0 Å². The van der Waals surface area contributed by atoms with Gasteiger partial charge in [0.15, 0.2) is 0 Å². The van der Waals surface area contributed by atoms with E-state index < -0.39 is 18.2 Å². The average molecular weight is 266 g/mol. The van der Waals surface area contributed by atoms with E-state index in [1.54, 1.807) is 0 Å². The number of aliphatic hydroxyl groups excluding tert-OH is 1. The van der Waals surface area contributed by atoms with Gasteiger partial charge in [-0.1, -0.05) is 0 Å². The van der Waals surface area contributed by atoms with Crippen molar-refractivity contribution in [3.05, 3.63) is 0 Å². The molecule has 0 radical (unpaired) electrons. The van der Waals surface area contributed by atoms with E-state index in [1.165, 1.54) is 0 Å². The predicted molar refractivity (Wildman–Crippen MR) is 61.1 cm³/mol. The Hall–Kier alpha value is -0.290. The van der Waals surface area contributed by atoms with Crippen LogP contribution in [0.2, 0.25) is 0 Å². The first-order valence-electron chi connectivity index (χ1n) is 6.81. The molecule has 5 heteroatoms. The normalized spacial score (nSPS) is 33.3. The summed E-state index contributed by atoms with van der Waals surface area (Å²) < 4.78 is 42.9. The lowest BCUT2D eigenvalue weighted by Crippen LogP contribution is -2.37. The molecule has 0 aromatic carbocycles. The Morgan fingerprint density at radius 1 is 0.889 bits per heavy atom. The average Bonchev–Trinajstić information content (AvgIpc) is 2.38. The summed E-state index contributed by atoms with van der Waals surface area (Å²) in [5.74, 6) is -0.895. The van der Waals surface area contributed by atoms with Crippen molar-refractivity contribution in [1.82, 2.24) is 0 Å². The molecule has 1 N–H and O–H groups in total. The fraction of sp³-hybridized carbons (Fsp3) is 1.00. The summed E-state index contributed by atoms with van der Waals surface area (Å²) in [5, 5.41) is 10.3. The first-order valence-corrected chi connectivity index (χ1v) is 6.81. The SMILES string of the molecule is OC(C1CCOCC1)C1CCC(C(F)(F)F)CC1. The standard InChI is InChI=1S/C13H21F3O2/c14-13(15,16)11-3-1-9(2-4-11)12(17)10-5-7-18-8-6-10/h9-12,17H,1-8H2. The Morgan fingerprint density at radius 2 is 1.39 bits per heavy atom. The van der Waals surface area contributed by atoms with Crippen LogP contribution in [0.3, 0.4) is 0 Å². The molecule has 106 valence electrons. The second-order valence-corrected chi connectivity index (χ2v) is 5.59. The summed E-state index contributed by atoms with van der Waals surface area (Å²) in [5.41, 5.74) is 0. The molecule has 1 heterocycles. The van der Waals surface area contributed by atoms with Crippen molar-refractivity contribution < 1.29 is 23.0 Å². The van der Waals surface area contributed by atoms with Crippen LogP contribution in [0.1, 0.15) is 38.5 Å². The first kappa shape index (κ1) is 14.1. The third kappa shape index (κ3) is 3.38. The van der Waals surface area contributed by atoms with Gasteiger partial charge in [-0.25, -0.2) is 0 Å². The number of hydrogen-bond donors (Lipinski definition) is 1. The van der Waals surface area contributed by atoms with E-state index >= 15 is 0 Å². The second kappa shape index (κ2) is 5.78. The van der Waals surface area contributed by atoms with Gasteiger partial charge in [0.1, 0.15) is 0 Å². The molecular formula is C13H21F3O2. The third-order valence-corrected chi connectivity index (χ3v) is 4.47. The molecule has 0 amide bonds. The molecular weight excluding hydrogens is 245 g/mol. The van der Waals surface area contributed by atoms with Gasteiger partial charge in [0.05, 0.1) is 12.0 Å². The van der Waals surface area contributed by atoms with Crippen LogP contribution in [-0.4, -0.2) is 30.6 Å². The topological polar surface area (TPSA) is 29.5 Å². The van der Waals surface area contributed by atoms with Gasteiger partial charge in [-0.15, -0.1) is 0 Å². The van der Waals surface area contributed by atoms with Gasteiger partial charge in [0, 0.05) is 13.2 Å². The van der Waals surface area contributed by atoms with Crippen molar-refractivity contribution in [2.24, 2.45) is 17.8 Å². The number of hydrogen-bond acceptors (Lipinski definition) is 2. The third-order valence-electron chi connectivity index (χ3n) is 4.47. The van der Waals surface area contributed by atoms with E-state index in [4.69, 9.17) is 4.74 Å². The lowest BCUT2D eigenvalue weighted by atomic mass is 9.74. The fourth-order valence-electron chi connectivity index (χ4n) is 3.23. The second-order valence-electron chi connectivity index (χ2n) is 5.59. The Bertz CT molecular complexity index is 253. The van der Waals surface area contributed by atoms with Gasteiger partial charge in [-0.2, -0.15) is 13.2 Å². The van der Waals surface area contributed by atoms with Gasteiger partial charge in [-0.3, -0.25) is 0 Å². The van der Waals surface area contributed by atoms with E-state index in [9.17, 15) is 18.3 Å². The zero-order chi connectivity index (χ0) is 13.2. The summed E-state index contributed by atoms with van der Waals surface area (Å²) in [6.45, 7) is 1.33. The molecule has 0 aromatic rings. The molecule has 0 bridgehead atoms. The molecule has 1 saturated heterocycles. The van der Waals surface area contributed by atoms with Crippen LogP contribution in [0.15, 0.2) is 0 Å². The molecule has 18 heavy (non-hydrogen) atoms. The number of aliphatic hydroxyl groups is 1. The van der Waals surface area contributed by atoms with Crippen LogP contribution >= 0.6 is 0 Å². The van der Waals surface area contributed by atoms with E-state index in [2.05, 4.69) is 0 Å². The minimum Gasteiger partial charge on any atom is -0.393 e. The van der Waals surface area contributed by atoms with Crippen LogP contribution in [0.25, 0.3) is 0 Å². The highest BCUT2D eigenvalue weighted by Crippen LogP contribution is 2.42. The van der Waals surface area contributed by atoms with Crippen molar-refractivity contribution in [1.29, 1.82) is 0 Å². The molecule has 2 nitrogen and oxygen atoms in total. The summed E-state index contributed by atoms with van der Waals surface area (Å²) in [7, 11) is 0. The zero-order valence-electron chi connectivity index (χ0n) is 10.5. The van der Waals surface area contributed by atoms with Crippen LogP contribution in [0, 0.1) is 17.8 Å². The lowest BCUT2D eigenvalue weighted by molar-refractivity contribution is -0.186. The maximum absolute atomic E-state index is 12.5. The maximum atomic E-state index is 12.5. The highest BCUT2D eigenvalue weighted by molar-refractivity contribution is 4.84. The molecule has 1 aliphatic heterocycles. The van der Waals surface area contributed by atoms with Crippen molar-refractivity contribution in [3.8, 4) is 0 Å². The van der Waals surface area contributed by atoms with Crippen LogP contribution in [-0.2, 0) is 4.74 Å². The zero-order valence-corrected chi connectivity index (χ0v) is 10.5. The molecule has 2 fully saturated rings. The Morgan fingerprint density at radius 3 is 1.89 bits per heavy atom. The van der Waals surface area contributed by atoms with Crippen molar-refractivity contribution in [2.45, 2.75) is 50.8 Å². The maximum Gasteiger partial charge on any atom is 0.391 e. The quantitative estimate of drug-likeness (QED) is 0.832. The van der Waals surface area contributed by atoms with Crippen molar-refractivity contribution >= 4 is 0 Å². The number of rotatable bonds is 2. The van der Waals surface area contributed by atoms with Crippen LogP contribution in [0.5, 0.6) is 0 Å². The number of alkyl halides is 3. The fourth-order valence-corrected chi connectivity index (χ4v) is 3.23. The van der Waals surface area contributed by atoms with Gasteiger partial charge in [-0.05, 0) is 50.4 Å². The van der Waals surface area contributed by atoms with Gasteiger partial charge in [0.25, 0.3) is 0 Å². The smallest absolute Gasteiger partial charge is 0.391 e. The molecule has 0 spiro atoms. The van der Waals surface area contributed by atoms with E-state index in [0.29, 0.717) is 26.1 Å². The molecule has 2 aliphatic rings. The van der Waals surface area contributed by atoms with Crippen LogP contribution in [0.4, 0.5) is 13.2 Å². The monoisotopic (exact) mass is 266 g/mol. The summed E-state index contributed by atoms with van der Waals surface area (Å²) in [6, 6.07) is 0. The molecule has 1 unspecified atom stereocenters. The number of ether oxygens (including phenoxy) is 1. The minimum absolute atomic E-state index is 0.0479. The lowest BCUT2D eigenvalue weighted by Gasteiger charge is -2.36. The van der Waals surface area contributed by atoms with E-state index in [0.717, 1.165) is 12.8 Å². The van der Waals surface area contributed by atoms with Crippen molar-refractivity contribution in [2.75, 3.05) is 13.2 Å². The highest BCUT2D eigenvalue weighted by Gasteiger charge is 2.43. The van der Waals surface area contributed by atoms with Gasteiger partial charge < -0.3 is 9.84 Å². The van der Waals surface area contributed by atoms with Gasteiger partial charge in [0.2, 0.25) is 0 Å². The summed E-state index contributed by atoms with van der Waals surface area (Å²) in [6.07, 6.45) is -1.48. The highest BCUT2D eigenvalue weighted by atomic mass is 19.4. The Kier molecular flexibility index (Phi) is 4.54. The van der Waals surface area contributed by atoms with E-state index in [1.807, 2.05) is 0 Å². The molecule has 1 atom stereocenters. The summed E-state index contributed by atoms with van der Waals surface area (Å²) in [4.78, 5) is 0. The molecule has 1 saturated carbocycles. The first-order chi connectivity index (χ1) is 8.48. The predicted octanol–water partition coefficient (Wildman–Crippen LogP) is 3.14. The van der Waals surface area contributed by atoms with E-state index in [-0.39, 0.29) is 24.7 Å². The largest absolute Gasteiger partial charge is 0.393 e. The summed E-state index contributed by atoms with van der Waals surface area (Å²) >= 11 is 0. The minimum atomic E-state index is -4.06. The molecule has 1 aliphatic carbocycles.